The van der Waals surface area contributed by atoms with Crippen molar-refractivity contribution in [1.82, 2.24) is 15.2 Å². The zero-order valence-corrected chi connectivity index (χ0v) is 16.1. The van der Waals surface area contributed by atoms with Crippen molar-refractivity contribution in [3.63, 3.8) is 0 Å². The predicted molar refractivity (Wildman–Crippen MR) is 104 cm³/mol. The van der Waals surface area contributed by atoms with Gasteiger partial charge in [-0.2, -0.15) is 5.10 Å². The number of hydrogen-bond donors (Lipinski definition) is 2. The molecule has 0 atom stereocenters. The van der Waals surface area contributed by atoms with Crippen LogP contribution in [0.2, 0.25) is 5.02 Å². The first-order chi connectivity index (χ1) is 13.9. The summed E-state index contributed by atoms with van der Waals surface area (Å²) in [6, 6.07) is 10.2. The number of nitrogens with zero attached hydrogens (tertiary/aromatic N) is 3. The van der Waals surface area contributed by atoms with E-state index in [2.05, 4.69) is 20.5 Å². The van der Waals surface area contributed by atoms with E-state index in [9.17, 15) is 19.7 Å². The van der Waals surface area contributed by atoms with Crippen LogP contribution in [0, 0.1) is 10.1 Å². The van der Waals surface area contributed by atoms with Gasteiger partial charge in [0.05, 0.1) is 15.4 Å². The minimum absolute atomic E-state index is 0.0575. The number of aromatic nitrogens is 3. The van der Waals surface area contributed by atoms with Gasteiger partial charge in [0.2, 0.25) is 0 Å². The molecular weight excluding hydrogens is 422 g/mol. The number of rotatable bonds is 7. The van der Waals surface area contributed by atoms with Crippen LogP contribution in [0.3, 0.4) is 0 Å². The van der Waals surface area contributed by atoms with Crippen LogP contribution in [-0.2, 0) is 9.53 Å². The van der Waals surface area contributed by atoms with Crippen molar-refractivity contribution in [2.45, 2.75) is 10.1 Å². The molecule has 0 aliphatic carbocycles. The van der Waals surface area contributed by atoms with Gasteiger partial charge in [-0.1, -0.05) is 11.6 Å². The third kappa shape index (κ3) is 5.53. The zero-order chi connectivity index (χ0) is 20.8. The van der Waals surface area contributed by atoms with Gasteiger partial charge in [0.25, 0.3) is 11.6 Å². The molecule has 1 amide bonds. The summed E-state index contributed by atoms with van der Waals surface area (Å²) in [6.45, 7) is -0.552. The molecule has 0 aliphatic heterocycles. The number of amides is 1. The molecule has 148 valence electrons. The Labute approximate surface area is 172 Å². The number of carbonyl (C=O) groups is 2. The Hall–Kier alpha value is -3.44. The molecule has 12 heteroatoms. The molecule has 1 heterocycles. The van der Waals surface area contributed by atoms with Gasteiger partial charge in [0.15, 0.2) is 11.8 Å². The van der Waals surface area contributed by atoms with E-state index in [4.69, 9.17) is 16.3 Å². The van der Waals surface area contributed by atoms with Crippen LogP contribution in [0.1, 0.15) is 10.4 Å². The van der Waals surface area contributed by atoms with Crippen LogP contribution in [0.15, 0.2) is 58.8 Å². The van der Waals surface area contributed by atoms with E-state index >= 15 is 0 Å². The van der Waals surface area contributed by atoms with E-state index in [0.29, 0.717) is 15.9 Å². The Morgan fingerprint density at radius 2 is 2.00 bits per heavy atom. The second-order valence-electron chi connectivity index (χ2n) is 5.46. The summed E-state index contributed by atoms with van der Waals surface area (Å²) >= 11 is 6.76. The highest BCUT2D eigenvalue weighted by Crippen LogP contribution is 2.33. The van der Waals surface area contributed by atoms with Gasteiger partial charge in [0.1, 0.15) is 6.33 Å². The number of halogens is 1. The van der Waals surface area contributed by atoms with E-state index < -0.39 is 23.4 Å². The number of benzene rings is 2. The van der Waals surface area contributed by atoms with Crippen molar-refractivity contribution in [2.24, 2.45) is 0 Å². The summed E-state index contributed by atoms with van der Waals surface area (Å²) in [7, 11) is 0. The Morgan fingerprint density at radius 1 is 1.24 bits per heavy atom. The fraction of sp³-hybridized carbons (Fsp3) is 0.0588. The van der Waals surface area contributed by atoms with Gasteiger partial charge in [-0.15, -0.1) is 0 Å². The summed E-state index contributed by atoms with van der Waals surface area (Å²) in [5.41, 5.74) is 0.129. The maximum absolute atomic E-state index is 12.2. The van der Waals surface area contributed by atoms with Crippen molar-refractivity contribution >= 4 is 46.6 Å². The third-order valence-electron chi connectivity index (χ3n) is 3.45. The van der Waals surface area contributed by atoms with Crippen molar-refractivity contribution < 1.29 is 19.2 Å². The maximum atomic E-state index is 12.2. The molecule has 1 aromatic heterocycles. The number of aromatic amines is 1. The predicted octanol–water partition coefficient (Wildman–Crippen LogP) is 3.31. The van der Waals surface area contributed by atoms with Gasteiger partial charge in [-0.25, -0.2) is 9.78 Å². The van der Waals surface area contributed by atoms with E-state index in [1.54, 1.807) is 24.3 Å². The minimum atomic E-state index is -0.865. The van der Waals surface area contributed by atoms with Crippen LogP contribution in [-0.4, -0.2) is 38.6 Å². The summed E-state index contributed by atoms with van der Waals surface area (Å²) < 4.78 is 4.93. The lowest BCUT2D eigenvalue weighted by atomic mass is 10.2. The molecule has 0 saturated carbocycles. The summed E-state index contributed by atoms with van der Waals surface area (Å²) in [5.74, 6) is -1.43. The Bertz CT molecular complexity index is 1040. The molecule has 2 aromatic carbocycles. The molecule has 3 aromatic rings. The molecule has 0 bridgehead atoms. The first kappa shape index (κ1) is 20.3. The summed E-state index contributed by atoms with van der Waals surface area (Å²) in [5, 5.41) is 21.0. The number of nitro benzene ring substituents is 1. The van der Waals surface area contributed by atoms with Gasteiger partial charge in [-0.3, -0.25) is 20.0 Å². The standard InChI is InChI=1S/C17H12ClN5O5S/c18-11-2-4-12(5-3-11)21-15(24)8-28-16(25)10-1-6-14(13(7-10)23(26)27)29-17-19-9-20-22-17/h1-7,9H,8H2,(H,21,24)(H,19,20,22). The lowest BCUT2D eigenvalue weighted by Gasteiger charge is -2.07. The number of ether oxygens (including phenoxy) is 1. The zero-order valence-electron chi connectivity index (χ0n) is 14.5. The highest BCUT2D eigenvalue weighted by molar-refractivity contribution is 7.99. The average molecular weight is 434 g/mol. The maximum Gasteiger partial charge on any atom is 0.338 e. The second-order valence-corrected chi connectivity index (χ2v) is 6.93. The average Bonchev–Trinajstić information content (AvgIpc) is 3.21. The normalized spacial score (nSPS) is 10.4. The Kier molecular flexibility index (Phi) is 6.42. The van der Waals surface area contributed by atoms with Gasteiger partial charge >= 0.3 is 5.97 Å². The Morgan fingerprint density at radius 3 is 2.66 bits per heavy atom. The van der Waals surface area contributed by atoms with Gasteiger partial charge in [0, 0.05) is 16.8 Å². The van der Waals surface area contributed by atoms with E-state index in [1.165, 1.54) is 18.5 Å². The largest absolute Gasteiger partial charge is 0.452 e. The molecule has 3 rings (SSSR count). The van der Waals surface area contributed by atoms with Gasteiger partial charge < -0.3 is 10.1 Å². The molecule has 29 heavy (non-hydrogen) atoms. The highest BCUT2D eigenvalue weighted by atomic mass is 35.5. The molecule has 0 unspecified atom stereocenters. The first-order valence-electron chi connectivity index (χ1n) is 7.96. The fourth-order valence-corrected chi connectivity index (χ4v) is 3.07. The monoisotopic (exact) mass is 433 g/mol. The SMILES string of the molecule is O=C(COC(=O)c1ccc(Sc2ncn[nH]2)c([N+](=O)[O-])c1)Nc1ccc(Cl)cc1. The number of anilines is 1. The van der Waals surface area contributed by atoms with Crippen LogP contribution < -0.4 is 5.32 Å². The summed E-state index contributed by atoms with van der Waals surface area (Å²) in [4.78, 5) is 38.9. The van der Waals surface area contributed by atoms with Crippen LogP contribution in [0.5, 0.6) is 0 Å². The smallest absolute Gasteiger partial charge is 0.338 e. The molecule has 0 fully saturated rings. The van der Waals surface area contributed by atoms with Crippen LogP contribution in [0.4, 0.5) is 11.4 Å². The molecule has 0 radical (unpaired) electrons. The van der Waals surface area contributed by atoms with Crippen molar-refractivity contribution in [3.8, 4) is 0 Å². The lowest BCUT2D eigenvalue weighted by molar-refractivity contribution is -0.387. The molecule has 10 nitrogen and oxygen atoms in total. The number of H-pyrrole nitrogens is 1. The number of carbonyl (C=O) groups excluding carboxylic acids is 2. The summed E-state index contributed by atoms with van der Waals surface area (Å²) in [6.07, 6.45) is 1.27. The van der Waals surface area contributed by atoms with Crippen LogP contribution >= 0.6 is 23.4 Å². The number of hydrogen-bond acceptors (Lipinski definition) is 8. The van der Waals surface area contributed by atoms with E-state index in [1.807, 2.05) is 0 Å². The molecule has 0 aliphatic rings. The topological polar surface area (TPSA) is 140 Å². The van der Waals surface area contributed by atoms with E-state index in [-0.39, 0.29) is 16.1 Å². The highest BCUT2D eigenvalue weighted by Gasteiger charge is 2.20. The molecule has 0 saturated heterocycles. The van der Waals surface area contributed by atoms with Crippen molar-refractivity contribution in [2.75, 3.05) is 11.9 Å². The van der Waals surface area contributed by atoms with E-state index in [0.717, 1.165) is 17.8 Å². The number of nitro groups is 1. The quantitative estimate of drug-likeness (QED) is 0.328. The van der Waals surface area contributed by atoms with Gasteiger partial charge in [-0.05, 0) is 48.2 Å². The second kappa shape index (κ2) is 9.17. The van der Waals surface area contributed by atoms with Crippen molar-refractivity contribution in [1.29, 1.82) is 0 Å². The number of nitrogens with one attached hydrogen (secondary N) is 2. The lowest BCUT2D eigenvalue weighted by Crippen LogP contribution is -2.21. The fourth-order valence-electron chi connectivity index (χ4n) is 2.17. The number of esters is 1. The first-order valence-corrected chi connectivity index (χ1v) is 9.16. The molecular formula is C17H12ClN5O5S. The minimum Gasteiger partial charge on any atom is -0.452 e. The van der Waals surface area contributed by atoms with Crippen LogP contribution in [0.25, 0.3) is 0 Å². The molecule has 2 N–H and O–H groups in total. The van der Waals surface area contributed by atoms with Crippen molar-refractivity contribution in [3.05, 3.63) is 69.5 Å². The molecule has 0 spiro atoms. The third-order valence-corrected chi connectivity index (χ3v) is 4.66. The Balaban J connectivity index is 1.64.